The highest BCUT2D eigenvalue weighted by molar-refractivity contribution is 7.88. The number of sulfonamides is 1. The van der Waals surface area contributed by atoms with Crippen LogP contribution in [0.15, 0.2) is 6.20 Å². The normalized spacial score (nSPS) is 23.0. The van der Waals surface area contributed by atoms with Gasteiger partial charge in [0, 0.05) is 27.7 Å². The number of esters is 5. The third-order valence-electron chi connectivity index (χ3n) is 5.13. The van der Waals surface area contributed by atoms with Gasteiger partial charge in [-0.15, -0.1) is 5.10 Å². The molecule has 2 rings (SSSR count). The van der Waals surface area contributed by atoms with Crippen molar-refractivity contribution >= 4 is 39.9 Å². The van der Waals surface area contributed by atoms with Crippen LogP contribution in [-0.4, -0.2) is 108 Å². The third kappa shape index (κ3) is 9.25. The minimum atomic E-state index is -3.88. The number of hydrogen-bond donors (Lipinski definition) is 0. The van der Waals surface area contributed by atoms with Gasteiger partial charge in [0.15, 0.2) is 24.5 Å². The zero-order chi connectivity index (χ0) is 29.5. The van der Waals surface area contributed by atoms with Crippen molar-refractivity contribution in [1.82, 2.24) is 19.3 Å². The Labute approximate surface area is 223 Å². The molecule has 18 heteroatoms. The lowest BCUT2D eigenvalue weighted by Gasteiger charge is -2.44. The number of aromatic nitrogens is 3. The molecule has 5 atom stereocenters. The summed E-state index contributed by atoms with van der Waals surface area (Å²) in [6.45, 7) is 2.95. The monoisotopic (exact) mass is 578 g/mol. The van der Waals surface area contributed by atoms with Gasteiger partial charge in [-0.3, -0.25) is 24.0 Å². The molecular weight excluding hydrogens is 548 g/mol. The molecule has 2 heterocycles. The zero-order valence-electron chi connectivity index (χ0n) is 22.1. The van der Waals surface area contributed by atoms with E-state index in [1.165, 1.54) is 6.20 Å². The first-order valence-electron chi connectivity index (χ1n) is 11.4. The molecule has 39 heavy (non-hydrogen) atoms. The van der Waals surface area contributed by atoms with E-state index in [2.05, 4.69) is 15.0 Å². The topological polar surface area (TPSA) is 209 Å². The van der Waals surface area contributed by atoms with Gasteiger partial charge in [0.1, 0.15) is 19.3 Å². The van der Waals surface area contributed by atoms with Gasteiger partial charge in [-0.1, -0.05) is 5.21 Å². The van der Waals surface area contributed by atoms with E-state index in [9.17, 15) is 32.4 Å². The quantitative estimate of drug-likeness (QED) is 0.215. The van der Waals surface area contributed by atoms with Crippen LogP contribution in [0.25, 0.3) is 0 Å². The second kappa shape index (κ2) is 13.4. The fraction of sp³-hybridized carbons (Fsp3) is 0.667. The molecule has 0 amide bonds. The molecule has 1 saturated heterocycles. The third-order valence-corrected chi connectivity index (χ3v) is 6.32. The fourth-order valence-electron chi connectivity index (χ4n) is 3.61. The van der Waals surface area contributed by atoms with Gasteiger partial charge < -0.3 is 28.4 Å². The first kappa shape index (κ1) is 31.6. The maximum absolute atomic E-state index is 12.2. The van der Waals surface area contributed by atoms with Gasteiger partial charge in [0.05, 0.1) is 31.8 Å². The van der Waals surface area contributed by atoms with Crippen molar-refractivity contribution in [2.45, 2.75) is 64.9 Å². The van der Waals surface area contributed by atoms with Crippen molar-refractivity contribution in [2.24, 2.45) is 0 Å². The molecular formula is C21H30N4O13S. The van der Waals surface area contributed by atoms with Gasteiger partial charge in [0.2, 0.25) is 10.0 Å². The van der Waals surface area contributed by atoms with Gasteiger partial charge in [-0.2, -0.15) is 4.31 Å². The van der Waals surface area contributed by atoms with Crippen molar-refractivity contribution in [3.8, 4) is 0 Å². The van der Waals surface area contributed by atoms with E-state index in [1.54, 1.807) is 0 Å². The summed E-state index contributed by atoms with van der Waals surface area (Å²) in [6.07, 6.45) is -4.71. The highest BCUT2D eigenvalue weighted by atomic mass is 32.2. The predicted molar refractivity (Wildman–Crippen MR) is 124 cm³/mol. The minimum absolute atomic E-state index is 0.0529. The van der Waals surface area contributed by atoms with Crippen molar-refractivity contribution in [1.29, 1.82) is 0 Å². The molecule has 0 saturated carbocycles. The summed E-state index contributed by atoms with van der Waals surface area (Å²) >= 11 is 0. The lowest BCUT2D eigenvalue weighted by Crippen LogP contribution is -2.60. The van der Waals surface area contributed by atoms with Crippen molar-refractivity contribution in [3.05, 3.63) is 11.9 Å². The maximum atomic E-state index is 12.2. The summed E-state index contributed by atoms with van der Waals surface area (Å²) in [5.41, 5.74) is 0.0529. The molecule has 0 spiro atoms. The molecule has 0 radical (unpaired) electrons. The van der Waals surface area contributed by atoms with E-state index in [1.807, 2.05) is 0 Å². The highest BCUT2D eigenvalue weighted by Crippen LogP contribution is 2.34. The predicted octanol–water partition coefficient (Wildman–Crippen LogP) is -1.53. The largest absolute Gasteiger partial charge is 0.468 e. The summed E-state index contributed by atoms with van der Waals surface area (Å²) in [6, 6.07) is 0. The van der Waals surface area contributed by atoms with Gasteiger partial charge in [0.25, 0.3) is 0 Å². The number of hydrogen-bond acceptors (Lipinski definition) is 15. The van der Waals surface area contributed by atoms with E-state index in [-0.39, 0.29) is 12.2 Å². The van der Waals surface area contributed by atoms with E-state index >= 15 is 0 Å². The average Bonchev–Trinajstić information content (AvgIpc) is 3.26. The molecule has 218 valence electrons. The number of methoxy groups -OCH3 is 1. The van der Waals surface area contributed by atoms with Crippen molar-refractivity contribution in [3.63, 3.8) is 0 Å². The van der Waals surface area contributed by atoms with Crippen LogP contribution in [0.5, 0.6) is 0 Å². The van der Waals surface area contributed by atoms with Crippen LogP contribution in [-0.2, 0) is 69.0 Å². The molecule has 1 aromatic heterocycles. The maximum Gasteiger partial charge on any atom is 0.321 e. The minimum Gasteiger partial charge on any atom is -0.468 e. The van der Waals surface area contributed by atoms with Gasteiger partial charge >= 0.3 is 29.8 Å². The van der Waals surface area contributed by atoms with Crippen LogP contribution in [0.4, 0.5) is 0 Å². The Morgan fingerprint density at radius 3 is 2.03 bits per heavy atom. The number of ether oxygens (including phenoxy) is 6. The highest BCUT2D eigenvalue weighted by Gasteiger charge is 2.53. The Morgan fingerprint density at radius 2 is 1.51 bits per heavy atom. The standard InChI is InChI=1S/C21H30N4O13S/c1-11(26)34-10-16-18(35-12(2)27)19(36-13(3)28)20(37-14(4)29)21(38-16)25-8-15(22-23-25)7-24(39(6,31)32)9-17(30)33-5/h8,16,18-21H,7,9-10H2,1-6H3/t16-,18-,19+,20-,21-/m1/s1. The molecule has 0 bridgehead atoms. The van der Waals surface area contributed by atoms with Gasteiger partial charge in [-0.25, -0.2) is 13.1 Å². The molecule has 0 unspecified atom stereocenters. The Balaban J connectivity index is 2.51. The van der Waals surface area contributed by atoms with E-state index in [0.717, 1.165) is 50.0 Å². The van der Waals surface area contributed by atoms with E-state index < -0.39 is 83.7 Å². The summed E-state index contributed by atoms with van der Waals surface area (Å²) in [4.78, 5) is 58.9. The van der Waals surface area contributed by atoms with Crippen LogP contribution in [0.2, 0.25) is 0 Å². The molecule has 1 aliphatic rings. The van der Waals surface area contributed by atoms with E-state index in [4.69, 9.17) is 23.7 Å². The van der Waals surface area contributed by atoms with Crippen LogP contribution < -0.4 is 0 Å². The number of carbonyl (C=O) groups excluding carboxylic acids is 5. The molecule has 1 aromatic rings. The number of rotatable bonds is 11. The van der Waals surface area contributed by atoms with Gasteiger partial charge in [-0.05, 0) is 0 Å². The smallest absolute Gasteiger partial charge is 0.321 e. The lowest BCUT2D eigenvalue weighted by molar-refractivity contribution is -0.270. The first-order chi connectivity index (χ1) is 18.1. The summed E-state index contributed by atoms with van der Waals surface area (Å²) < 4.78 is 57.7. The van der Waals surface area contributed by atoms with Crippen LogP contribution in [0.1, 0.15) is 39.6 Å². The first-order valence-corrected chi connectivity index (χ1v) is 13.2. The lowest BCUT2D eigenvalue weighted by atomic mass is 9.97. The van der Waals surface area contributed by atoms with Crippen LogP contribution in [0, 0.1) is 0 Å². The second-order valence-electron chi connectivity index (χ2n) is 8.39. The number of carbonyl (C=O) groups is 5. The van der Waals surface area contributed by atoms with Crippen LogP contribution in [0.3, 0.4) is 0 Å². The Bertz CT molecular complexity index is 1180. The SMILES string of the molecule is COC(=O)CN(Cc1cn([C@@H]2O[C@H](COC(C)=O)[C@@H](OC(C)=O)[C@H](OC(C)=O)[C@H]2OC(C)=O)nn1)S(C)(=O)=O. The molecule has 17 nitrogen and oxygen atoms in total. The average molecular weight is 579 g/mol. The molecule has 0 aromatic carbocycles. The van der Waals surface area contributed by atoms with Crippen LogP contribution >= 0.6 is 0 Å². The molecule has 1 fully saturated rings. The second-order valence-corrected chi connectivity index (χ2v) is 10.4. The summed E-state index contributed by atoms with van der Waals surface area (Å²) in [5, 5.41) is 7.82. The Morgan fingerprint density at radius 1 is 0.949 bits per heavy atom. The summed E-state index contributed by atoms with van der Waals surface area (Å²) in [5.74, 6) is -3.91. The van der Waals surface area contributed by atoms with Crippen molar-refractivity contribution in [2.75, 3.05) is 26.5 Å². The zero-order valence-corrected chi connectivity index (χ0v) is 22.9. The molecule has 0 aliphatic carbocycles. The fourth-order valence-corrected chi connectivity index (χ4v) is 4.32. The summed E-state index contributed by atoms with van der Waals surface area (Å²) in [7, 11) is -2.77. The Kier molecular flexibility index (Phi) is 10.9. The van der Waals surface area contributed by atoms with Crippen molar-refractivity contribution < 1.29 is 60.8 Å². The molecule has 1 aliphatic heterocycles. The molecule has 0 N–H and O–H groups in total. The number of nitrogens with zero attached hydrogens (tertiary/aromatic N) is 4. The van der Waals surface area contributed by atoms with E-state index in [0.29, 0.717) is 0 Å². The Hall–Kier alpha value is -3.64.